The van der Waals surface area contributed by atoms with Crippen LogP contribution in [0, 0.1) is 17.6 Å². The van der Waals surface area contributed by atoms with Crippen molar-refractivity contribution < 1.29 is 13.6 Å². The minimum absolute atomic E-state index is 0.0868. The average molecular weight is 251 g/mol. The summed E-state index contributed by atoms with van der Waals surface area (Å²) in [4.78, 5) is 11.6. The Morgan fingerprint density at radius 1 is 1.28 bits per heavy atom. The highest BCUT2D eigenvalue weighted by atomic mass is 19.1. The van der Waals surface area contributed by atoms with Gasteiger partial charge >= 0.3 is 0 Å². The normalized spacial score (nSPS) is 18.0. The molecule has 1 aliphatic rings. The van der Waals surface area contributed by atoms with Crippen LogP contribution in [0.1, 0.15) is 24.8 Å². The maximum Gasteiger partial charge on any atom is 0.220 e. The highest BCUT2D eigenvalue weighted by Crippen LogP contribution is 2.20. The van der Waals surface area contributed by atoms with E-state index < -0.39 is 11.6 Å². The minimum Gasteiger partial charge on any atom is -0.352 e. The molecule has 1 aliphatic carbocycles. The quantitative estimate of drug-likeness (QED) is 0.819. The number of halogens is 2. The van der Waals surface area contributed by atoms with Crippen LogP contribution in [0.15, 0.2) is 30.4 Å². The van der Waals surface area contributed by atoms with E-state index in [4.69, 9.17) is 0 Å². The fourth-order valence-electron chi connectivity index (χ4n) is 2.09. The molecule has 0 aliphatic heterocycles. The predicted molar refractivity (Wildman–Crippen MR) is 64.7 cm³/mol. The van der Waals surface area contributed by atoms with Gasteiger partial charge in [0.25, 0.3) is 0 Å². The lowest BCUT2D eigenvalue weighted by atomic mass is 10.1. The van der Waals surface area contributed by atoms with E-state index in [0.717, 1.165) is 18.9 Å². The summed E-state index contributed by atoms with van der Waals surface area (Å²) < 4.78 is 25.8. The number of hydrogen-bond donors (Lipinski definition) is 1. The Kier molecular flexibility index (Phi) is 4.07. The second-order valence-corrected chi connectivity index (χ2v) is 4.52. The first-order chi connectivity index (χ1) is 8.63. The summed E-state index contributed by atoms with van der Waals surface area (Å²) in [5.74, 6) is -1.04. The maximum absolute atomic E-state index is 12.9. The minimum atomic E-state index is -0.627. The molecule has 1 amide bonds. The lowest BCUT2D eigenvalue weighted by molar-refractivity contribution is -0.121. The second kappa shape index (κ2) is 5.76. The van der Waals surface area contributed by atoms with Crippen LogP contribution in [-0.2, 0) is 11.3 Å². The SMILES string of the molecule is O=C(C[C@H]1C=CCC1)NCc1cc(F)cc(F)c1. The molecule has 2 nitrogen and oxygen atoms in total. The first-order valence-corrected chi connectivity index (χ1v) is 6.02. The van der Waals surface area contributed by atoms with E-state index in [0.29, 0.717) is 17.9 Å². The molecule has 96 valence electrons. The van der Waals surface area contributed by atoms with Crippen molar-refractivity contribution >= 4 is 5.91 Å². The summed E-state index contributed by atoms with van der Waals surface area (Å²) >= 11 is 0. The van der Waals surface area contributed by atoms with Crippen LogP contribution in [0.5, 0.6) is 0 Å². The zero-order valence-electron chi connectivity index (χ0n) is 9.96. The van der Waals surface area contributed by atoms with Gasteiger partial charge in [0.2, 0.25) is 5.91 Å². The monoisotopic (exact) mass is 251 g/mol. The van der Waals surface area contributed by atoms with Gasteiger partial charge in [0.1, 0.15) is 11.6 Å². The number of allylic oxidation sites excluding steroid dienone is 2. The zero-order chi connectivity index (χ0) is 13.0. The van der Waals surface area contributed by atoms with Crippen molar-refractivity contribution in [1.29, 1.82) is 0 Å². The lowest BCUT2D eigenvalue weighted by Crippen LogP contribution is -2.24. The van der Waals surface area contributed by atoms with E-state index in [-0.39, 0.29) is 12.5 Å². The molecule has 0 fully saturated rings. The van der Waals surface area contributed by atoms with Gasteiger partial charge in [0.05, 0.1) is 0 Å². The lowest BCUT2D eigenvalue weighted by Gasteiger charge is -2.09. The van der Waals surface area contributed by atoms with Gasteiger partial charge < -0.3 is 5.32 Å². The third-order valence-electron chi connectivity index (χ3n) is 2.97. The molecule has 1 atom stereocenters. The molecule has 1 aromatic rings. The predicted octanol–water partition coefficient (Wildman–Crippen LogP) is 2.94. The molecule has 0 heterocycles. The molecular weight excluding hydrogens is 236 g/mol. The van der Waals surface area contributed by atoms with Gasteiger partial charge in [-0.1, -0.05) is 12.2 Å². The van der Waals surface area contributed by atoms with Crippen molar-refractivity contribution in [2.75, 3.05) is 0 Å². The van der Waals surface area contributed by atoms with E-state index in [1.807, 2.05) is 6.08 Å². The standard InChI is InChI=1S/C14H15F2NO/c15-12-5-11(6-13(16)8-12)9-17-14(18)7-10-3-1-2-4-10/h1,3,5-6,8,10H,2,4,7,9H2,(H,17,18)/t10-/m0/s1. The van der Waals surface area contributed by atoms with E-state index in [2.05, 4.69) is 11.4 Å². The number of hydrogen-bond acceptors (Lipinski definition) is 1. The Morgan fingerprint density at radius 3 is 2.61 bits per heavy atom. The van der Waals surface area contributed by atoms with E-state index in [1.54, 1.807) is 0 Å². The maximum atomic E-state index is 12.9. The Bertz CT molecular complexity index is 451. The smallest absolute Gasteiger partial charge is 0.220 e. The Morgan fingerprint density at radius 2 is 2.00 bits per heavy atom. The summed E-state index contributed by atoms with van der Waals surface area (Å²) in [6.07, 6.45) is 6.57. The summed E-state index contributed by atoms with van der Waals surface area (Å²) in [6.45, 7) is 0.157. The molecule has 2 rings (SSSR count). The van der Waals surface area contributed by atoms with Crippen LogP contribution in [0.4, 0.5) is 8.78 Å². The van der Waals surface area contributed by atoms with Crippen molar-refractivity contribution in [1.82, 2.24) is 5.32 Å². The fourth-order valence-corrected chi connectivity index (χ4v) is 2.09. The Balaban J connectivity index is 1.83. The van der Waals surface area contributed by atoms with Crippen molar-refractivity contribution in [3.63, 3.8) is 0 Å². The molecule has 0 unspecified atom stereocenters. The van der Waals surface area contributed by atoms with E-state index >= 15 is 0 Å². The van der Waals surface area contributed by atoms with Gasteiger partial charge in [-0.15, -0.1) is 0 Å². The molecule has 0 saturated heterocycles. The summed E-state index contributed by atoms with van der Waals surface area (Å²) in [5.41, 5.74) is 0.433. The number of carbonyl (C=O) groups is 1. The molecule has 18 heavy (non-hydrogen) atoms. The Hall–Kier alpha value is -1.71. The first-order valence-electron chi connectivity index (χ1n) is 6.02. The van der Waals surface area contributed by atoms with Crippen LogP contribution in [0.3, 0.4) is 0 Å². The summed E-state index contributed by atoms with van der Waals surface area (Å²) in [7, 11) is 0. The zero-order valence-corrected chi connectivity index (χ0v) is 9.96. The average Bonchev–Trinajstić information content (AvgIpc) is 2.78. The van der Waals surface area contributed by atoms with Crippen LogP contribution in [0.25, 0.3) is 0 Å². The molecule has 0 aromatic heterocycles. The summed E-state index contributed by atoms with van der Waals surface area (Å²) in [6, 6.07) is 3.26. The van der Waals surface area contributed by atoms with Gasteiger partial charge in [-0.2, -0.15) is 0 Å². The first kappa shape index (κ1) is 12.7. The molecule has 4 heteroatoms. The van der Waals surface area contributed by atoms with Gasteiger partial charge in [0, 0.05) is 19.0 Å². The number of nitrogens with one attached hydrogen (secondary N) is 1. The number of rotatable bonds is 4. The van der Waals surface area contributed by atoms with Gasteiger partial charge in [-0.25, -0.2) is 8.78 Å². The van der Waals surface area contributed by atoms with Crippen molar-refractivity contribution in [2.24, 2.45) is 5.92 Å². The van der Waals surface area contributed by atoms with Crippen LogP contribution in [-0.4, -0.2) is 5.91 Å². The van der Waals surface area contributed by atoms with E-state index in [9.17, 15) is 13.6 Å². The van der Waals surface area contributed by atoms with Crippen LogP contribution >= 0.6 is 0 Å². The fraction of sp³-hybridized carbons (Fsp3) is 0.357. The van der Waals surface area contributed by atoms with Crippen molar-refractivity contribution in [3.05, 3.63) is 47.5 Å². The molecule has 0 saturated carbocycles. The number of amides is 1. The molecular formula is C14H15F2NO. The topological polar surface area (TPSA) is 29.1 Å². The highest BCUT2D eigenvalue weighted by Gasteiger charge is 2.13. The highest BCUT2D eigenvalue weighted by molar-refractivity contribution is 5.76. The van der Waals surface area contributed by atoms with Gasteiger partial charge in [0.15, 0.2) is 0 Å². The number of benzene rings is 1. The van der Waals surface area contributed by atoms with Crippen LogP contribution in [0.2, 0.25) is 0 Å². The van der Waals surface area contributed by atoms with Crippen molar-refractivity contribution in [3.8, 4) is 0 Å². The van der Waals surface area contributed by atoms with Crippen LogP contribution < -0.4 is 5.32 Å². The molecule has 1 N–H and O–H groups in total. The molecule has 0 spiro atoms. The Labute approximate surface area is 105 Å². The van der Waals surface area contributed by atoms with E-state index in [1.165, 1.54) is 12.1 Å². The molecule has 0 bridgehead atoms. The number of carbonyl (C=O) groups excluding carboxylic acids is 1. The molecule has 1 aromatic carbocycles. The van der Waals surface area contributed by atoms with Gasteiger partial charge in [-0.3, -0.25) is 4.79 Å². The van der Waals surface area contributed by atoms with Crippen molar-refractivity contribution in [2.45, 2.75) is 25.8 Å². The largest absolute Gasteiger partial charge is 0.352 e. The third-order valence-corrected chi connectivity index (χ3v) is 2.97. The molecule has 0 radical (unpaired) electrons. The van der Waals surface area contributed by atoms with Gasteiger partial charge in [-0.05, 0) is 36.5 Å². The third kappa shape index (κ3) is 3.65. The summed E-state index contributed by atoms with van der Waals surface area (Å²) in [5, 5.41) is 2.67. The second-order valence-electron chi connectivity index (χ2n) is 4.52.